The minimum absolute atomic E-state index is 0.0913. The number of hydrogen-bond donors (Lipinski definition) is 2. The molecule has 0 radical (unpaired) electrons. The maximum Gasteiger partial charge on any atom is 0.191 e. The zero-order valence-corrected chi connectivity index (χ0v) is 14.9. The number of hydrogen-bond acceptors (Lipinski definition) is 3. The fourth-order valence-electron chi connectivity index (χ4n) is 2.22. The van der Waals surface area contributed by atoms with Crippen molar-refractivity contribution in [1.29, 1.82) is 0 Å². The summed E-state index contributed by atoms with van der Waals surface area (Å²) in [6, 6.07) is 11.9. The van der Waals surface area contributed by atoms with Crippen LogP contribution in [0.2, 0.25) is 0 Å². The van der Waals surface area contributed by atoms with Crippen LogP contribution in [0, 0.1) is 12.7 Å². The SMILES string of the molecule is CCNC(=NCc1cccc(C)n1)NCC(C)Oc1ccc(F)cc1. The second kappa shape index (κ2) is 9.61. The van der Waals surface area contributed by atoms with Gasteiger partial charge in [-0.3, -0.25) is 4.98 Å². The van der Waals surface area contributed by atoms with Crippen LogP contribution in [0.4, 0.5) is 4.39 Å². The molecule has 0 spiro atoms. The first kappa shape index (κ1) is 18.7. The molecule has 0 fully saturated rings. The number of rotatable bonds is 7. The van der Waals surface area contributed by atoms with Crippen molar-refractivity contribution < 1.29 is 9.13 Å². The lowest BCUT2D eigenvalue weighted by Gasteiger charge is -2.17. The number of ether oxygens (including phenoxy) is 1. The van der Waals surface area contributed by atoms with E-state index in [1.807, 2.05) is 39.0 Å². The van der Waals surface area contributed by atoms with Crippen LogP contribution in [-0.4, -0.2) is 30.1 Å². The smallest absolute Gasteiger partial charge is 0.191 e. The molecule has 5 nitrogen and oxygen atoms in total. The fraction of sp³-hybridized carbons (Fsp3) is 0.368. The second-order valence-electron chi connectivity index (χ2n) is 5.73. The van der Waals surface area contributed by atoms with Crippen molar-refractivity contribution in [3.05, 3.63) is 59.7 Å². The largest absolute Gasteiger partial charge is 0.489 e. The van der Waals surface area contributed by atoms with E-state index in [9.17, 15) is 4.39 Å². The molecule has 1 atom stereocenters. The van der Waals surface area contributed by atoms with Gasteiger partial charge in [0, 0.05) is 12.2 Å². The minimum atomic E-state index is -0.274. The van der Waals surface area contributed by atoms with Crippen LogP contribution < -0.4 is 15.4 Å². The summed E-state index contributed by atoms with van der Waals surface area (Å²) in [6.07, 6.45) is -0.0913. The van der Waals surface area contributed by atoms with Gasteiger partial charge in [0.1, 0.15) is 17.7 Å². The number of aromatic nitrogens is 1. The van der Waals surface area contributed by atoms with E-state index in [2.05, 4.69) is 20.6 Å². The molecular weight excluding hydrogens is 319 g/mol. The van der Waals surface area contributed by atoms with Gasteiger partial charge in [-0.1, -0.05) is 6.07 Å². The zero-order valence-electron chi connectivity index (χ0n) is 14.9. The number of guanidine groups is 1. The van der Waals surface area contributed by atoms with Crippen LogP contribution in [0.3, 0.4) is 0 Å². The van der Waals surface area contributed by atoms with E-state index in [1.165, 1.54) is 12.1 Å². The lowest BCUT2D eigenvalue weighted by atomic mass is 10.3. The highest BCUT2D eigenvalue weighted by Crippen LogP contribution is 2.12. The van der Waals surface area contributed by atoms with Gasteiger partial charge in [-0.25, -0.2) is 9.38 Å². The third-order valence-corrected chi connectivity index (χ3v) is 3.40. The summed E-state index contributed by atoms with van der Waals surface area (Å²) in [7, 11) is 0. The summed E-state index contributed by atoms with van der Waals surface area (Å²) in [5.41, 5.74) is 1.90. The molecule has 0 saturated heterocycles. The normalized spacial score (nSPS) is 12.6. The lowest BCUT2D eigenvalue weighted by Crippen LogP contribution is -2.41. The van der Waals surface area contributed by atoms with E-state index >= 15 is 0 Å². The number of nitrogens with zero attached hydrogens (tertiary/aromatic N) is 2. The summed E-state index contributed by atoms with van der Waals surface area (Å²) in [6.45, 7) is 7.77. The molecule has 1 heterocycles. The van der Waals surface area contributed by atoms with Gasteiger partial charge in [0.25, 0.3) is 0 Å². The van der Waals surface area contributed by atoms with Crippen molar-refractivity contribution in [3.63, 3.8) is 0 Å². The average molecular weight is 344 g/mol. The molecule has 0 aliphatic carbocycles. The highest BCUT2D eigenvalue weighted by atomic mass is 19.1. The van der Waals surface area contributed by atoms with Gasteiger partial charge in [0.05, 0.1) is 18.8 Å². The van der Waals surface area contributed by atoms with Crippen LogP contribution >= 0.6 is 0 Å². The first-order chi connectivity index (χ1) is 12.1. The second-order valence-corrected chi connectivity index (χ2v) is 5.73. The lowest BCUT2D eigenvalue weighted by molar-refractivity contribution is 0.223. The Hall–Kier alpha value is -2.63. The molecule has 1 aromatic carbocycles. The number of benzene rings is 1. The van der Waals surface area contributed by atoms with Gasteiger partial charge in [0.15, 0.2) is 5.96 Å². The molecular formula is C19H25FN4O. The molecule has 1 unspecified atom stereocenters. The van der Waals surface area contributed by atoms with E-state index in [1.54, 1.807) is 12.1 Å². The minimum Gasteiger partial charge on any atom is -0.489 e. The summed E-state index contributed by atoms with van der Waals surface area (Å²) >= 11 is 0. The summed E-state index contributed by atoms with van der Waals surface area (Å²) < 4.78 is 18.7. The van der Waals surface area contributed by atoms with Crippen molar-refractivity contribution in [2.45, 2.75) is 33.4 Å². The van der Waals surface area contributed by atoms with Crippen molar-refractivity contribution in [2.75, 3.05) is 13.1 Å². The molecule has 0 amide bonds. The number of nitrogens with one attached hydrogen (secondary N) is 2. The molecule has 0 bridgehead atoms. The van der Waals surface area contributed by atoms with Crippen LogP contribution in [-0.2, 0) is 6.54 Å². The standard InChI is InChI=1S/C19H25FN4O/c1-4-21-19(23-13-17-7-5-6-14(2)24-17)22-12-15(3)25-18-10-8-16(20)9-11-18/h5-11,15H,4,12-13H2,1-3H3,(H2,21,22,23). The number of aliphatic imine (C=N–C) groups is 1. The third kappa shape index (κ3) is 6.79. The zero-order chi connectivity index (χ0) is 18.1. The maximum atomic E-state index is 12.9. The van der Waals surface area contributed by atoms with Gasteiger partial charge in [-0.2, -0.15) is 0 Å². The molecule has 2 rings (SSSR count). The Kier molecular flexibility index (Phi) is 7.19. The Balaban J connectivity index is 1.87. The molecule has 2 N–H and O–H groups in total. The Morgan fingerprint density at radius 1 is 1.20 bits per heavy atom. The van der Waals surface area contributed by atoms with Gasteiger partial charge >= 0.3 is 0 Å². The Morgan fingerprint density at radius 2 is 1.96 bits per heavy atom. The van der Waals surface area contributed by atoms with Crippen LogP contribution in [0.25, 0.3) is 0 Å². The molecule has 25 heavy (non-hydrogen) atoms. The van der Waals surface area contributed by atoms with Gasteiger partial charge < -0.3 is 15.4 Å². The molecule has 6 heteroatoms. The Morgan fingerprint density at radius 3 is 2.64 bits per heavy atom. The van der Waals surface area contributed by atoms with E-state index < -0.39 is 0 Å². The predicted molar refractivity (Wildman–Crippen MR) is 98.3 cm³/mol. The Labute approximate surface area is 148 Å². The number of halogens is 1. The van der Waals surface area contributed by atoms with E-state index in [-0.39, 0.29) is 11.9 Å². The van der Waals surface area contributed by atoms with E-state index in [0.29, 0.717) is 24.8 Å². The Bertz CT molecular complexity index is 688. The van der Waals surface area contributed by atoms with Gasteiger partial charge in [0.2, 0.25) is 0 Å². The van der Waals surface area contributed by atoms with Crippen molar-refractivity contribution >= 4 is 5.96 Å². The van der Waals surface area contributed by atoms with Crippen LogP contribution in [0.5, 0.6) is 5.75 Å². The van der Waals surface area contributed by atoms with Crippen molar-refractivity contribution in [3.8, 4) is 5.75 Å². The van der Waals surface area contributed by atoms with Crippen molar-refractivity contribution in [1.82, 2.24) is 15.6 Å². The van der Waals surface area contributed by atoms with Crippen molar-refractivity contribution in [2.24, 2.45) is 4.99 Å². The molecule has 1 aromatic heterocycles. The van der Waals surface area contributed by atoms with Gasteiger partial charge in [-0.05, 0) is 57.2 Å². The van der Waals surface area contributed by atoms with E-state index in [4.69, 9.17) is 4.74 Å². The van der Waals surface area contributed by atoms with Crippen LogP contribution in [0.1, 0.15) is 25.2 Å². The summed E-state index contributed by atoms with van der Waals surface area (Å²) in [5, 5.41) is 6.45. The highest BCUT2D eigenvalue weighted by molar-refractivity contribution is 5.79. The van der Waals surface area contributed by atoms with Crippen LogP contribution in [0.15, 0.2) is 47.5 Å². The fourth-order valence-corrected chi connectivity index (χ4v) is 2.22. The average Bonchev–Trinajstić information content (AvgIpc) is 2.59. The number of pyridine rings is 1. The molecule has 0 aliphatic rings. The third-order valence-electron chi connectivity index (χ3n) is 3.40. The number of aryl methyl sites for hydroxylation is 1. The van der Waals surface area contributed by atoms with E-state index in [0.717, 1.165) is 17.9 Å². The molecule has 134 valence electrons. The monoisotopic (exact) mass is 344 g/mol. The first-order valence-corrected chi connectivity index (χ1v) is 8.43. The molecule has 0 aliphatic heterocycles. The summed E-state index contributed by atoms with van der Waals surface area (Å²) in [4.78, 5) is 8.99. The predicted octanol–water partition coefficient (Wildman–Crippen LogP) is 3.05. The van der Waals surface area contributed by atoms with Gasteiger partial charge in [-0.15, -0.1) is 0 Å². The summed E-state index contributed by atoms with van der Waals surface area (Å²) in [5.74, 6) is 1.08. The quantitative estimate of drug-likeness (QED) is 0.599. The highest BCUT2D eigenvalue weighted by Gasteiger charge is 2.06. The molecule has 2 aromatic rings. The topological polar surface area (TPSA) is 58.5 Å². The first-order valence-electron chi connectivity index (χ1n) is 8.43. The maximum absolute atomic E-state index is 12.9. The molecule has 0 saturated carbocycles.